The summed E-state index contributed by atoms with van der Waals surface area (Å²) in [6, 6.07) is 0. The SMILES string of the molecule is CC(C)(C)CNCC1CCOCC1. The van der Waals surface area contributed by atoms with Gasteiger partial charge in [0.05, 0.1) is 0 Å². The second kappa shape index (κ2) is 4.97. The Morgan fingerprint density at radius 3 is 2.38 bits per heavy atom. The summed E-state index contributed by atoms with van der Waals surface area (Å²) in [5, 5.41) is 3.54. The number of ether oxygens (including phenoxy) is 1. The lowest BCUT2D eigenvalue weighted by Crippen LogP contribution is -2.33. The minimum Gasteiger partial charge on any atom is -0.381 e. The van der Waals surface area contributed by atoms with Crippen LogP contribution in [0, 0.1) is 11.3 Å². The van der Waals surface area contributed by atoms with Gasteiger partial charge >= 0.3 is 0 Å². The van der Waals surface area contributed by atoms with Crippen LogP contribution < -0.4 is 5.32 Å². The summed E-state index contributed by atoms with van der Waals surface area (Å²) >= 11 is 0. The van der Waals surface area contributed by atoms with Gasteiger partial charge in [-0.3, -0.25) is 0 Å². The third-order valence-corrected chi connectivity index (χ3v) is 2.43. The minimum atomic E-state index is 0.408. The van der Waals surface area contributed by atoms with Crippen molar-refractivity contribution in [2.24, 2.45) is 11.3 Å². The molecule has 0 radical (unpaired) electrons. The number of rotatable bonds is 3. The Balaban J connectivity index is 2.04. The van der Waals surface area contributed by atoms with Gasteiger partial charge < -0.3 is 10.1 Å². The molecule has 78 valence electrons. The third kappa shape index (κ3) is 5.27. The first kappa shape index (κ1) is 11.0. The standard InChI is InChI=1S/C11H23NO/c1-11(2,3)9-12-8-10-4-6-13-7-5-10/h10,12H,4-9H2,1-3H3. The molecule has 0 bridgehead atoms. The predicted octanol–water partition coefficient (Wildman–Crippen LogP) is 2.05. The third-order valence-electron chi connectivity index (χ3n) is 2.43. The molecule has 0 aromatic carbocycles. The van der Waals surface area contributed by atoms with Gasteiger partial charge in [-0.05, 0) is 37.3 Å². The maximum Gasteiger partial charge on any atom is 0.0469 e. The van der Waals surface area contributed by atoms with Crippen LogP contribution in [0.3, 0.4) is 0 Å². The predicted molar refractivity (Wildman–Crippen MR) is 55.9 cm³/mol. The lowest BCUT2D eigenvalue weighted by Gasteiger charge is -2.25. The summed E-state index contributed by atoms with van der Waals surface area (Å²) < 4.78 is 5.32. The van der Waals surface area contributed by atoms with Gasteiger partial charge in [0.25, 0.3) is 0 Å². The summed E-state index contributed by atoms with van der Waals surface area (Å²) in [5.41, 5.74) is 0.408. The molecular formula is C11H23NO. The van der Waals surface area contributed by atoms with Crippen LogP contribution in [0.5, 0.6) is 0 Å². The molecule has 0 saturated carbocycles. The van der Waals surface area contributed by atoms with E-state index in [4.69, 9.17) is 4.74 Å². The molecule has 1 aliphatic heterocycles. The molecule has 1 N–H and O–H groups in total. The van der Waals surface area contributed by atoms with E-state index in [1.54, 1.807) is 0 Å². The lowest BCUT2D eigenvalue weighted by molar-refractivity contribution is 0.0657. The van der Waals surface area contributed by atoms with Gasteiger partial charge in [-0.1, -0.05) is 20.8 Å². The Kier molecular flexibility index (Phi) is 4.20. The van der Waals surface area contributed by atoms with Crippen molar-refractivity contribution in [1.82, 2.24) is 5.32 Å². The van der Waals surface area contributed by atoms with Crippen molar-refractivity contribution in [2.45, 2.75) is 33.6 Å². The molecule has 1 heterocycles. The summed E-state index contributed by atoms with van der Waals surface area (Å²) in [5.74, 6) is 0.844. The van der Waals surface area contributed by atoms with E-state index in [2.05, 4.69) is 26.1 Å². The summed E-state index contributed by atoms with van der Waals surface area (Å²) in [6.07, 6.45) is 2.47. The van der Waals surface area contributed by atoms with Crippen molar-refractivity contribution < 1.29 is 4.74 Å². The Bertz CT molecular complexity index is 134. The van der Waals surface area contributed by atoms with E-state index in [1.165, 1.54) is 19.4 Å². The smallest absolute Gasteiger partial charge is 0.0469 e. The molecule has 0 atom stereocenters. The summed E-state index contributed by atoms with van der Waals surface area (Å²) in [4.78, 5) is 0. The zero-order valence-corrected chi connectivity index (χ0v) is 9.23. The van der Waals surface area contributed by atoms with E-state index in [0.29, 0.717) is 5.41 Å². The van der Waals surface area contributed by atoms with E-state index >= 15 is 0 Å². The fourth-order valence-electron chi connectivity index (χ4n) is 1.60. The highest BCUT2D eigenvalue weighted by atomic mass is 16.5. The Morgan fingerprint density at radius 1 is 1.23 bits per heavy atom. The van der Waals surface area contributed by atoms with E-state index in [0.717, 1.165) is 25.7 Å². The zero-order valence-electron chi connectivity index (χ0n) is 9.23. The first-order valence-electron chi connectivity index (χ1n) is 5.36. The van der Waals surface area contributed by atoms with Crippen molar-refractivity contribution in [1.29, 1.82) is 0 Å². The van der Waals surface area contributed by atoms with Gasteiger partial charge in [0.2, 0.25) is 0 Å². The van der Waals surface area contributed by atoms with Crippen LogP contribution in [0.1, 0.15) is 33.6 Å². The maximum atomic E-state index is 5.32. The largest absolute Gasteiger partial charge is 0.381 e. The van der Waals surface area contributed by atoms with Crippen LogP contribution in [0.25, 0.3) is 0 Å². The normalized spacial score (nSPS) is 20.5. The molecule has 1 saturated heterocycles. The van der Waals surface area contributed by atoms with Gasteiger partial charge in [0.1, 0.15) is 0 Å². The molecule has 0 unspecified atom stereocenters. The van der Waals surface area contributed by atoms with Crippen LogP contribution in [0.15, 0.2) is 0 Å². The van der Waals surface area contributed by atoms with Crippen LogP contribution in [-0.4, -0.2) is 26.3 Å². The lowest BCUT2D eigenvalue weighted by atomic mass is 9.95. The van der Waals surface area contributed by atoms with Crippen molar-refractivity contribution >= 4 is 0 Å². The quantitative estimate of drug-likeness (QED) is 0.726. The van der Waals surface area contributed by atoms with Crippen LogP contribution in [0.2, 0.25) is 0 Å². The van der Waals surface area contributed by atoms with Gasteiger partial charge in [0.15, 0.2) is 0 Å². The van der Waals surface area contributed by atoms with E-state index in [-0.39, 0.29) is 0 Å². The first-order chi connectivity index (χ1) is 6.08. The van der Waals surface area contributed by atoms with E-state index in [1.807, 2.05) is 0 Å². The molecule has 0 amide bonds. The Hall–Kier alpha value is -0.0800. The molecular weight excluding hydrogens is 162 g/mol. The molecule has 1 rings (SSSR count). The molecule has 0 aromatic heterocycles. The summed E-state index contributed by atoms with van der Waals surface area (Å²) in [7, 11) is 0. The molecule has 0 spiro atoms. The second-order valence-corrected chi connectivity index (χ2v) is 5.25. The zero-order chi connectivity index (χ0) is 9.73. The van der Waals surface area contributed by atoms with Gasteiger partial charge in [-0.15, -0.1) is 0 Å². The van der Waals surface area contributed by atoms with Crippen LogP contribution in [-0.2, 0) is 4.74 Å². The maximum absolute atomic E-state index is 5.32. The van der Waals surface area contributed by atoms with Gasteiger partial charge in [-0.25, -0.2) is 0 Å². The molecule has 2 nitrogen and oxygen atoms in total. The van der Waals surface area contributed by atoms with E-state index in [9.17, 15) is 0 Å². The van der Waals surface area contributed by atoms with Gasteiger partial charge in [-0.2, -0.15) is 0 Å². The first-order valence-corrected chi connectivity index (χ1v) is 5.36. The van der Waals surface area contributed by atoms with Crippen molar-refractivity contribution in [3.05, 3.63) is 0 Å². The molecule has 1 fully saturated rings. The highest BCUT2D eigenvalue weighted by Gasteiger charge is 2.15. The number of hydrogen-bond donors (Lipinski definition) is 1. The monoisotopic (exact) mass is 185 g/mol. The van der Waals surface area contributed by atoms with Crippen molar-refractivity contribution in [3.63, 3.8) is 0 Å². The molecule has 0 aromatic rings. The fraction of sp³-hybridized carbons (Fsp3) is 1.00. The average molecular weight is 185 g/mol. The van der Waals surface area contributed by atoms with E-state index < -0.39 is 0 Å². The Labute approximate surface area is 82.0 Å². The highest BCUT2D eigenvalue weighted by molar-refractivity contribution is 4.69. The highest BCUT2D eigenvalue weighted by Crippen LogP contribution is 2.15. The molecule has 2 heteroatoms. The average Bonchev–Trinajstić information content (AvgIpc) is 2.04. The number of nitrogens with one attached hydrogen (secondary N) is 1. The molecule has 13 heavy (non-hydrogen) atoms. The van der Waals surface area contributed by atoms with Crippen LogP contribution >= 0.6 is 0 Å². The second-order valence-electron chi connectivity index (χ2n) is 5.25. The van der Waals surface area contributed by atoms with Crippen molar-refractivity contribution in [2.75, 3.05) is 26.3 Å². The minimum absolute atomic E-state index is 0.408. The van der Waals surface area contributed by atoms with Gasteiger partial charge in [0, 0.05) is 13.2 Å². The fourth-order valence-corrected chi connectivity index (χ4v) is 1.60. The Morgan fingerprint density at radius 2 is 1.85 bits per heavy atom. The molecule has 0 aliphatic carbocycles. The van der Waals surface area contributed by atoms with Crippen LogP contribution in [0.4, 0.5) is 0 Å². The molecule has 1 aliphatic rings. The topological polar surface area (TPSA) is 21.3 Å². The number of hydrogen-bond acceptors (Lipinski definition) is 2. The summed E-state index contributed by atoms with van der Waals surface area (Å²) in [6.45, 7) is 11.0. The van der Waals surface area contributed by atoms with Crippen molar-refractivity contribution in [3.8, 4) is 0 Å².